The first kappa shape index (κ1) is 15.0. The Bertz CT molecular complexity index is 447. The molecule has 19 heavy (non-hydrogen) atoms. The maximum Gasteiger partial charge on any atom is 0.252 e. The molecular formula is C15H21N3O. The normalized spacial score (nSPS) is 11.5. The zero-order valence-electron chi connectivity index (χ0n) is 11.8. The van der Waals surface area contributed by atoms with E-state index < -0.39 is 6.04 Å². The van der Waals surface area contributed by atoms with Crippen molar-refractivity contribution in [2.24, 2.45) is 0 Å². The van der Waals surface area contributed by atoms with Crippen LogP contribution in [0, 0.1) is 11.3 Å². The molecule has 1 atom stereocenters. The summed E-state index contributed by atoms with van der Waals surface area (Å²) in [5, 5.41) is 11.5. The molecule has 0 saturated heterocycles. The predicted octanol–water partition coefficient (Wildman–Crippen LogP) is 2.56. The Morgan fingerprint density at radius 1 is 1.37 bits per heavy atom. The van der Waals surface area contributed by atoms with Crippen molar-refractivity contribution in [2.75, 3.05) is 18.5 Å². The molecule has 0 aliphatic carbocycles. The third kappa shape index (κ3) is 4.29. The van der Waals surface area contributed by atoms with E-state index in [0.29, 0.717) is 12.0 Å². The van der Waals surface area contributed by atoms with Gasteiger partial charge in [0, 0.05) is 24.8 Å². The summed E-state index contributed by atoms with van der Waals surface area (Å²) in [6.45, 7) is 4.99. The van der Waals surface area contributed by atoms with Gasteiger partial charge in [-0.2, -0.15) is 5.26 Å². The molecule has 0 heterocycles. The van der Waals surface area contributed by atoms with E-state index in [1.165, 1.54) is 0 Å². The SMILES string of the molecule is CCCN(C)c1ccc(C(=O)NC(C#N)CC)cc1. The van der Waals surface area contributed by atoms with E-state index in [2.05, 4.69) is 23.2 Å². The number of nitriles is 1. The second-order valence-electron chi connectivity index (χ2n) is 4.53. The first-order valence-electron chi connectivity index (χ1n) is 6.64. The fourth-order valence-electron chi connectivity index (χ4n) is 1.80. The van der Waals surface area contributed by atoms with Crippen molar-refractivity contribution >= 4 is 11.6 Å². The molecule has 1 aromatic rings. The quantitative estimate of drug-likeness (QED) is 0.854. The third-order valence-corrected chi connectivity index (χ3v) is 3.00. The van der Waals surface area contributed by atoms with Crippen LogP contribution in [-0.2, 0) is 0 Å². The van der Waals surface area contributed by atoms with Gasteiger partial charge in [-0.25, -0.2) is 0 Å². The number of hydrogen-bond donors (Lipinski definition) is 1. The first-order chi connectivity index (χ1) is 9.12. The van der Waals surface area contributed by atoms with Gasteiger partial charge in [0.1, 0.15) is 6.04 Å². The number of nitrogens with zero attached hydrogens (tertiary/aromatic N) is 2. The van der Waals surface area contributed by atoms with Crippen molar-refractivity contribution in [1.29, 1.82) is 5.26 Å². The number of rotatable bonds is 6. The first-order valence-corrected chi connectivity index (χ1v) is 6.64. The Morgan fingerprint density at radius 2 is 2.00 bits per heavy atom. The maximum atomic E-state index is 11.9. The van der Waals surface area contributed by atoms with Crippen molar-refractivity contribution in [3.63, 3.8) is 0 Å². The lowest BCUT2D eigenvalue weighted by Crippen LogP contribution is -2.33. The molecule has 1 aromatic carbocycles. The van der Waals surface area contributed by atoms with Crippen molar-refractivity contribution in [1.82, 2.24) is 5.32 Å². The van der Waals surface area contributed by atoms with Gasteiger partial charge in [-0.05, 0) is 37.1 Å². The average molecular weight is 259 g/mol. The van der Waals surface area contributed by atoms with E-state index in [4.69, 9.17) is 5.26 Å². The minimum atomic E-state index is -0.421. The maximum absolute atomic E-state index is 11.9. The van der Waals surface area contributed by atoms with Crippen LogP contribution < -0.4 is 10.2 Å². The lowest BCUT2D eigenvalue weighted by atomic mass is 10.1. The Morgan fingerprint density at radius 3 is 2.47 bits per heavy atom. The van der Waals surface area contributed by atoms with Crippen LogP contribution in [0.4, 0.5) is 5.69 Å². The van der Waals surface area contributed by atoms with Crippen LogP contribution in [0.3, 0.4) is 0 Å². The number of benzene rings is 1. The molecule has 0 saturated carbocycles. The van der Waals surface area contributed by atoms with Gasteiger partial charge in [0.05, 0.1) is 6.07 Å². The van der Waals surface area contributed by atoms with Crippen LogP contribution in [0.15, 0.2) is 24.3 Å². The minimum Gasteiger partial charge on any atom is -0.375 e. The molecule has 0 aliphatic rings. The fraction of sp³-hybridized carbons (Fsp3) is 0.467. The number of anilines is 1. The average Bonchev–Trinajstić information content (AvgIpc) is 2.45. The largest absolute Gasteiger partial charge is 0.375 e. The van der Waals surface area contributed by atoms with Gasteiger partial charge in [-0.1, -0.05) is 13.8 Å². The standard InChI is InChI=1S/C15H21N3O/c1-4-10-18(3)14-8-6-12(7-9-14)15(19)17-13(5-2)11-16/h6-9,13H,4-5,10H2,1-3H3,(H,17,19). The van der Waals surface area contributed by atoms with Crippen molar-refractivity contribution in [3.05, 3.63) is 29.8 Å². The topological polar surface area (TPSA) is 56.1 Å². The number of hydrogen-bond acceptors (Lipinski definition) is 3. The highest BCUT2D eigenvalue weighted by molar-refractivity contribution is 5.94. The molecule has 1 rings (SSSR count). The highest BCUT2D eigenvalue weighted by Gasteiger charge is 2.11. The smallest absolute Gasteiger partial charge is 0.252 e. The van der Waals surface area contributed by atoms with Crippen molar-refractivity contribution in [2.45, 2.75) is 32.7 Å². The molecule has 0 aliphatic heterocycles. The van der Waals surface area contributed by atoms with Crippen LogP contribution in [0.2, 0.25) is 0 Å². The summed E-state index contributed by atoms with van der Waals surface area (Å²) in [6, 6.07) is 9.08. The number of nitrogens with one attached hydrogen (secondary N) is 1. The van der Waals surface area contributed by atoms with E-state index in [9.17, 15) is 4.79 Å². The van der Waals surface area contributed by atoms with Gasteiger partial charge in [0.25, 0.3) is 5.91 Å². The van der Waals surface area contributed by atoms with E-state index in [-0.39, 0.29) is 5.91 Å². The van der Waals surface area contributed by atoms with E-state index in [0.717, 1.165) is 18.7 Å². The third-order valence-electron chi connectivity index (χ3n) is 3.00. The summed E-state index contributed by atoms with van der Waals surface area (Å²) in [5.74, 6) is -0.196. The molecule has 0 spiro atoms. The van der Waals surface area contributed by atoms with Crippen LogP contribution in [0.1, 0.15) is 37.0 Å². The zero-order valence-corrected chi connectivity index (χ0v) is 11.8. The fourth-order valence-corrected chi connectivity index (χ4v) is 1.80. The minimum absolute atomic E-state index is 0.196. The monoisotopic (exact) mass is 259 g/mol. The second-order valence-corrected chi connectivity index (χ2v) is 4.53. The molecule has 1 amide bonds. The van der Waals surface area contributed by atoms with Crippen LogP contribution in [0.25, 0.3) is 0 Å². The molecule has 0 radical (unpaired) electrons. The van der Waals surface area contributed by atoms with Crippen LogP contribution >= 0.6 is 0 Å². The molecule has 102 valence electrons. The molecule has 0 fully saturated rings. The Balaban J connectivity index is 2.71. The van der Waals surface area contributed by atoms with Crippen molar-refractivity contribution in [3.8, 4) is 6.07 Å². The lowest BCUT2D eigenvalue weighted by Gasteiger charge is -2.18. The Hall–Kier alpha value is -2.02. The molecule has 1 N–H and O–H groups in total. The highest BCUT2D eigenvalue weighted by Crippen LogP contribution is 2.14. The second kappa shape index (κ2) is 7.42. The van der Waals surface area contributed by atoms with Gasteiger partial charge in [0.15, 0.2) is 0 Å². The molecule has 4 heteroatoms. The van der Waals surface area contributed by atoms with Gasteiger partial charge in [-0.3, -0.25) is 4.79 Å². The van der Waals surface area contributed by atoms with Crippen LogP contribution in [-0.4, -0.2) is 25.5 Å². The summed E-state index contributed by atoms with van der Waals surface area (Å²) in [6.07, 6.45) is 1.69. The summed E-state index contributed by atoms with van der Waals surface area (Å²) in [4.78, 5) is 14.0. The number of carbonyl (C=O) groups excluding carboxylic acids is 1. The van der Waals surface area contributed by atoms with Crippen LogP contribution in [0.5, 0.6) is 0 Å². The van der Waals surface area contributed by atoms with E-state index >= 15 is 0 Å². The van der Waals surface area contributed by atoms with Crippen molar-refractivity contribution < 1.29 is 4.79 Å². The number of amides is 1. The van der Waals surface area contributed by atoms with Gasteiger partial charge < -0.3 is 10.2 Å². The Labute approximate surface area is 115 Å². The highest BCUT2D eigenvalue weighted by atomic mass is 16.1. The lowest BCUT2D eigenvalue weighted by molar-refractivity contribution is 0.0944. The van der Waals surface area contributed by atoms with E-state index in [1.807, 2.05) is 26.1 Å². The van der Waals surface area contributed by atoms with Gasteiger partial charge in [0.2, 0.25) is 0 Å². The predicted molar refractivity (Wildman–Crippen MR) is 77.2 cm³/mol. The summed E-state index contributed by atoms with van der Waals surface area (Å²) >= 11 is 0. The van der Waals surface area contributed by atoms with E-state index in [1.54, 1.807) is 12.1 Å². The summed E-state index contributed by atoms with van der Waals surface area (Å²) in [7, 11) is 2.03. The molecule has 1 unspecified atom stereocenters. The molecule has 0 aromatic heterocycles. The number of carbonyl (C=O) groups is 1. The molecular weight excluding hydrogens is 238 g/mol. The Kier molecular flexibility index (Phi) is 5.87. The zero-order chi connectivity index (χ0) is 14.3. The van der Waals surface area contributed by atoms with Gasteiger partial charge >= 0.3 is 0 Å². The van der Waals surface area contributed by atoms with Gasteiger partial charge in [-0.15, -0.1) is 0 Å². The molecule has 4 nitrogen and oxygen atoms in total. The molecule has 0 bridgehead atoms. The summed E-state index contributed by atoms with van der Waals surface area (Å²) < 4.78 is 0. The summed E-state index contributed by atoms with van der Waals surface area (Å²) in [5.41, 5.74) is 1.67.